The van der Waals surface area contributed by atoms with Gasteiger partial charge in [0.1, 0.15) is 18.1 Å². The van der Waals surface area contributed by atoms with Gasteiger partial charge in [0, 0.05) is 7.05 Å². The Morgan fingerprint density at radius 2 is 2.24 bits per heavy atom. The van der Waals surface area contributed by atoms with Crippen molar-refractivity contribution in [1.29, 1.82) is 0 Å². The predicted octanol–water partition coefficient (Wildman–Crippen LogP) is -0.926. The molecule has 0 fully saturated rings. The molecule has 2 rings (SSSR count). The standard InChI is InChI=1S/C10H12BN3O3/c1-14-6-9(12-13-14)7-17-10-4-2-3-8(5-10)11(15)16/h2-6,15-16H,7H2,1H3. The Balaban J connectivity index is 2.01. The first-order valence-electron chi connectivity index (χ1n) is 5.09. The smallest absolute Gasteiger partial charge is 0.487 e. The van der Waals surface area contributed by atoms with Crippen LogP contribution in [0.25, 0.3) is 0 Å². The molecule has 0 aliphatic carbocycles. The summed E-state index contributed by atoms with van der Waals surface area (Å²) in [5.41, 5.74) is 1.10. The molecule has 0 saturated carbocycles. The highest BCUT2D eigenvalue weighted by Crippen LogP contribution is 2.09. The van der Waals surface area contributed by atoms with Crippen molar-refractivity contribution in [2.45, 2.75) is 6.61 Å². The lowest BCUT2D eigenvalue weighted by atomic mass is 9.80. The summed E-state index contributed by atoms with van der Waals surface area (Å²) < 4.78 is 7.05. The van der Waals surface area contributed by atoms with E-state index >= 15 is 0 Å². The fourth-order valence-electron chi connectivity index (χ4n) is 1.38. The summed E-state index contributed by atoms with van der Waals surface area (Å²) in [7, 11) is 0.286. The minimum Gasteiger partial charge on any atom is -0.487 e. The van der Waals surface area contributed by atoms with Gasteiger partial charge in [-0.3, -0.25) is 4.68 Å². The summed E-state index contributed by atoms with van der Waals surface area (Å²) in [4.78, 5) is 0. The van der Waals surface area contributed by atoms with Crippen LogP contribution in [-0.4, -0.2) is 32.2 Å². The second-order valence-corrected chi connectivity index (χ2v) is 3.62. The van der Waals surface area contributed by atoms with Gasteiger partial charge in [0.2, 0.25) is 0 Å². The van der Waals surface area contributed by atoms with E-state index in [1.54, 1.807) is 42.2 Å². The van der Waals surface area contributed by atoms with Gasteiger partial charge in [0.25, 0.3) is 0 Å². The lowest BCUT2D eigenvalue weighted by Gasteiger charge is -2.05. The number of ether oxygens (including phenoxy) is 1. The van der Waals surface area contributed by atoms with Crippen LogP contribution < -0.4 is 10.2 Å². The van der Waals surface area contributed by atoms with Gasteiger partial charge in [-0.15, -0.1) is 5.10 Å². The average molecular weight is 233 g/mol. The fourth-order valence-corrected chi connectivity index (χ4v) is 1.38. The zero-order valence-corrected chi connectivity index (χ0v) is 9.32. The van der Waals surface area contributed by atoms with Crippen molar-refractivity contribution in [1.82, 2.24) is 15.0 Å². The first kappa shape index (κ1) is 11.6. The molecule has 88 valence electrons. The normalized spacial score (nSPS) is 10.3. The first-order valence-corrected chi connectivity index (χ1v) is 5.09. The summed E-state index contributed by atoms with van der Waals surface area (Å²) in [5.74, 6) is 0.557. The number of hydrogen-bond donors (Lipinski definition) is 2. The Kier molecular flexibility index (Phi) is 3.41. The maximum atomic E-state index is 9.01. The Morgan fingerprint density at radius 1 is 1.41 bits per heavy atom. The Bertz CT molecular complexity index is 501. The first-order chi connectivity index (χ1) is 8.15. The lowest BCUT2D eigenvalue weighted by molar-refractivity contribution is 0.301. The van der Waals surface area contributed by atoms with Crippen molar-refractivity contribution >= 4 is 12.6 Å². The van der Waals surface area contributed by atoms with Crippen molar-refractivity contribution in [2.24, 2.45) is 7.05 Å². The molecule has 6 nitrogen and oxygen atoms in total. The second-order valence-electron chi connectivity index (χ2n) is 3.62. The third-order valence-corrected chi connectivity index (χ3v) is 2.19. The van der Waals surface area contributed by atoms with Gasteiger partial charge < -0.3 is 14.8 Å². The summed E-state index contributed by atoms with van der Waals surface area (Å²) in [6, 6.07) is 6.61. The van der Waals surface area contributed by atoms with Crippen molar-refractivity contribution < 1.29 is 14.8 Å². The number of hydrogen-bond acceptors (Lipinski definition) is 5. The number of benzene rings is 1. The van der Waals surface area contributed by atoms with Gasteiger partial charge in [0.05, 0.1) is 6.20 Å². The molecule has 0 radical (unpaired) electrons. The summed E-state index contributed by atoms with van der Waals surface area (Å²) in [6.07, 6.45) is 1.75. The molecule has 1 heterocycles. The topological polar surface area (TPSA) is 80.4 Å². The third kappa shape index (κ3) is 3.05. The van der Waals surface area contributed by atoms with E-state index in [1.165, 1.54) is 0 Å². The predicted molar refractivity (Wildman–Crippen MR) is 61.6 cm³/mol. The van der Waals surface area contributed by atoms with E-state index < -0.39 is 7.12 Å². The van der Waals surface area contributed by atoms with Crippen LogP contribution in [0.1, 0.15) is 5.69 Å². The molecule has 2 aromatic rings. The van der Waals surface area contributed by atoms with Crippen LogP contribution >= 0.6 is 0 Å². The summed E-state index contributed by atoms with van der Waals surface area (Å²) in [5, 5.41) is 25.7. The highest BCUT2D eigenvalue weighted by molar-refractivity contribution is 6.58. The Morgan fingerprint density at radius 3 is 2.88 bits per heavy atom. The van der Waals surface area contributed by atoms with Gasteiger partial charge in [-0.2, -0.15) is 0 Å². The summed E-state index contributed by atoms with van der Waals surface area (Å²) in [6.45, 7) is 0.290. The summed E-state index contributed by atoms with van der Waals surface area (Å²) >= 11 is 0. The molecular formula is C10H12BN3O3. The Labute approximate surface area is 98.6 Å². The highest BCUT2D eigenvalue weighted by atomic mass is 16.5. The monoisotopic (exact) mass is 233 g/mol. The quantitative estimate of drug-likeness (QED) is 0.667. The molecule has 7 heteroatoms. The van der Waals surface area contributed by atoms with E-state index in [1.807, 2.05) is 0 Å². The van der Waals surface area contributed by atoms with Crippen LogP contribution in [0.3, 0.4) is 0 Å². The third-order valence-electron chi connectivity index (χ3n) is 2.19. The molecule has 17 heavy (non-hydrogen) atoms. The van der Waals surface area contributed by atoms with Crippen LogP contribution in [0.5, 0.6) is 5.75 Å². The van der Waals surface area contributed by atoms with Crippen LogP contribution in [0.2, 0.25) is 0 Å². The van der Waals surface area contributed by atoms with E-state index in [-0.39, 0.29) is 0 Å². The fraction of sp³-hybridized carbons (Fsp3) is 0.200. The second kappa shape index (κ2) is 4.98. The minimum absolute atomic E-state index is 0.290. The maximum Gasteiger partial charge on any atom is 0.488 e. The van der Waals surface area contributed by atoms with E-state index in [4.69, 9.17) is 14.8 Å². The van der Waals surface area contributed by atoms with Crippen molar-refractivity contribution in [2.75, 3.05) is 0 Å². The van der Waals surface area contributed by atoms with Crippen molar-refractivity contribution in [3.05, 3.63) is 36.2 Å². The van der Waals surface area contributed by atoms with E-state index in [9.17, 15) is 0 Å². The lowest BCUT2D eigenvalue weighted by Crippen LogP contribution is -2.29. The average Bonchev–Trinajstić information content (AvgIpc) is 2.73. The molecule has 2 N–H and O–H groups in total. The van der Waals surface area contributed by atoms with Crippen LogP contribution in [0.15, 0.2) is 30.5 Å². The largest absolute Gasteiger partial charge is 0.488 e. The van der Waals surface area contributed by atoms with Gasteiger partial charge in [0.15, 0.2) is 0 Å². The molecule has 1 aromatic carbocycles. The molecule has 0 unspecified atom stereocenters. The Hall–Kier alpha value is -1.86. The van der Waals surface area contributed by atoms with Gasteiger partial charge >= 0.3 is 7.12 Å². The minimum atomic E-state index is -1.49. The maximum absolute atomic E-state index is 9.01. The SMILES string of the molecule is Cn1cc(COc2cccc(B(O)O)c2)nn1. The number of nitrogens with zero attached hydrogens (tertiary/aromatic N) is 3. The molecule has 0 aliphatic heterocycles. The van der Waals surface area contributed by atoms with Gasteiger partial charge in [-0.25, -0.2) is 0 Å². The molecule has 0 saturated heterocycles. The highest BCUT2D eigenvalue weighted by Gasteiger charge is 2.11. The molecule has 0 atom stereocenters. The molecule has 0 amide bonds. The molecule has 0 aliphatic rings. The van der Waals surface area contributed by atoms with Crippen LogP contribution in [0.4, 0.5) is 0 Å². The van der Waals surface area contributed by atoms with Crippen molar-refractivity contribution in [3.8, 4) is 5.75 Å². The van der Waals surface area contributed by atoms with Crippen molar-refractivity contribution in [3.63, 3.8) is 0 Å². The van der Waals surface area contributed by atoms with E-state index in [2.05, 4.69) is 10.3 Å². The van der Waals surface area contributed by atoms with Crippen LogP contribution in [0, 0.1) is 0 Å². The molecule has 1 aromatic heterocycles. The zero-order valence-electron chi connectivity index (χ0n) is 9.32. The zero-order chi connectivity index (χ0) is 12.3. The number of aromatic nitrogens is 3. The van der Waals surface area contributed by atoms with E-state index in [0.717, 1.165) is 0 Å². The molecular weight excluding hydrogens is 221 g/mol. The van der Waals surface area contributed by atoms with Gasteiger partial charge in [-0.05, 0) is 17.6 Å². The van der Waals surface area contributed by atoms with E-state index in [0.29, 0.717) is 23.5 Å². The number of rotatable bonds is 4. The molecule has 0 spiro atoms. The number of aryl methyl sites for hydroxylation is 1. The molecule has 0 bridgehead atoms. The van der Waals surface area contributed by atoms with Crippen LogP contribution in [-0.2, 0) is 13.7 Å². The van der Waals surface area contributed by atoms with Gasteiger partial charge in [-0.1, -0.05) is 17.3 Å².